The molecule has 1 N–H and O–H groups in total. The maximum Gasteiger partial charge on any atom is 0.264 e. The zero-order valence-corrected chi connectivity index (χ0v) is 19.1. The van der Waals surface area contributed by atoms with Gasteiger partial charge in [0.25, 0.3) is 15.9 Å². The van der Waals surface area contributed by atoms with E-state index in [1.54, 1.807) is 36.4 Å². The predicted molar refractivity (Wildman–Crippen MR) is 125 cm³/mol. The number of carbonyl (C=O) groups is 1. The quantitative estimate of drug-likeness (QED) is 0.626. The van der Waals surface area contributed by atoms with Crippen LogP contribution in [0.2, 0.25) is 0 Å². The Morgan fingerprint density at radius 2 is 1.78 bits per heavy atom. The van der Waals surface area contributed by atoms with Gasteiger partial charge in [-0.3, -0.25) is 9.10 Å². The van der Waals surface area contributed by atoms with Crippen molar-refractivity contribution in [3.05, 3.63) is 89.0 Å². The second kappa shape index (κ2) is 8.67. The van der Waals surface area contributed by atoms with E-state index < -0.39 is 10.0 Å². The summed E-state index contributed by atoms with van der Waals surface area (Å²) < 4.78 is 33.3. The predicted octanol–water partition coefficient (Wildman–Crippen LogP) is 4.38. The first-order valence-electron chi connectivity index (χ1n) is 10.5. The van der Waals surface area contributed by atoms with Crippen LogP contribution >= 0.6 is 0 Å². The van der Waals surface area contributed by atoms with Gasteiger partial charge in [-0.25, -0.2) is 8.42 Å². The van der Waals surface area contributed by atoms with E-state index in [1.165, 1.54) is 23.5 Å². The fourth-order valence-corrected chi connectivity index (χ4v) is 5.24. The number of hydrogen-bond acceptors (Lipinski definition) is 4. The number of sulfonamides is 1. The number of aryl methyl sites for hydroxylation is 2. The van der Waals surface area contributed by atoms with E-state index in [1.807, 2.05) is 26.0 Å². The molecule has 3 aromatic carbocycles. The van der Waals surface area contributed by atoms with Crippen molar-refractivity contribution in [1.82, 2.24) is 5.32 Å². The molecule has 0 aromatic heterocycles. The van der Waals surface area contributed by atoms with E-state index in [9.17, 15) is 13.2 Å². The second-order valence-electron chi connectivity index (χ2n) is 8.00. The maximum absolute atomic E-state index is 13.1. The third-order valence-electron chi connectivity index (χ3n) is 5.66. The Morgan fingerprint density at radius 1 is 1.03 bits per heavy atom. The largest absolute Gasteiger partial charge is 0.493 e. The summed E-state index contributed by atoms with van der Waals surface area (Å²) in [6, 6.07) is 18.9. The van der Waals surface area contributed by atoms with Crippen LogP contribution in [-0.4, -0.2) is 28.0 Å². The summed E-state index contributed by atoms with van der Waals surface area (Å²) in [6.07, 6.45) is 0.649. The molecule has 32 heavy (non-hydrogen) atoms. The van der Waals surface area contributed by atoms with Crippen LogP contribution in [0.25, 0.3) is 0 Å². The van der Waals surface area contributed by atoms with Gasteiger partial charge in [-0.15, -0.1) is 0 Å². The topological polar surface area (TPSA) is 75.7 Å². The van der Waals surface area contributed by atoms with Crippen molar-refractivity contribution in [2.45, 2.75) is 31.2 Å². The third-order valence-corrected chi connectivity index (χ3v) is 7.44. The van der Waals surface area contributed by atoms with E-state index in [-0.39, 0.29) is 16.8 Å². The summed E-state index contributed by atoms with van der Waals surface area (Å²) in [5.74, 6) is 0.495. The molecule has 0 saturated carbocycles. The molecule has 1 heterocycles. The zero-order valence-electron chi connectivity index (χ0n) is 18.3. The van der Waals surface area contributed by atoms with Crippen LogP contribution in [0.15, 0.2) is 71.6 Å². The molecule has 0 bridgehead atoms. The molecular formula is C25H26N2O4S. The van der Waals surface area contributed by atoms with Crippen molar-refractivity contribution in [2.75, 3.05) is 18.0 Å². The monoisotopic (exact) mass is 450 g/mol. The number of ether oxygens (including phenoxy) is 1. The summed E-state index contributed by atoms with van der Waals surface area (Å²) in [6.45, 7) is 4.52. The average molecular weight is 451 g/mol. The summed E-state index contributed by atoms with van der Waals surface area (Å²) in [5, 5.41) is 3.06. The van der Waals surface area contributed by atoms with Gasteiger partial charge in [0.15, 0.2) is 0 Å². The van der Waals surface area contributed by atoms with Crippen LogP contribution in [-0.2, 0) is 10.0 Å². The number of anilines is 1. The highest BCUT2D eigenvalue weighted by Crippen LogP contribution is 2.36. The number of rotatable bonds is 5. The Kier molecular flexibility index (Phi) is 5.93. The Balaban J connectivity index is 1.59. The number of benzene rings is 3. The van der Waals surface area contributed by atoms with Crippen molar-refractivity contribution in [2.24, 2.45) is 0 Å². The van der Waals surface area contributed by atoms with Gasteiger partial charge in [0.2, 0.25) is 0 Å². The molecule has 4 rings (SSSR count). The van der Waals surface area contributed by atoms with Gasteiger partial charge in [-0.2, -0.15) is 0 Å². The van der Waals surface area contributed by atoms with Gasteiger partial charge in [-0.05, 0) is 49.7 Å². The second-order valence-corrected chi connectivity index (χ2v) is 9.97. The number of amides is 1. The molecule has 1 unspecified atom stereocenters. The zero-order chi connectivity index (χ0) is 22.9. The van der Waals surface area contributed by atoms with Crippen molar-refractivity contribution >= 4 is 21.6 Å². The van der Waals surface area contributed by atoms with Gasteiger partial charge in [0, 0.05) is 24.6 Å². The van der Waals surface area contributed by atoms with E-state index in [0.29, 0.717) is 24.3 Å². The summed E-state index contributed by atoms with van der Waals surface area (Å²) in [7, 11) is -2.31. The first-order chi connectivity index (χ1) is 15.3. The number of para-hydroxylation sites is 1. The molecule has 1 aliphatic rings. The number of nitrogens with one attached hydrogen (secondary N) is 1. The molecule has 1 aliphatic heterocycles. The minimum atomic E-state index is -3.81. The normalized spacial score (nSPS) is 15.4. The van der Waals surface area contributed by atoms with Crippen molar-refractivity contribution < 1.29 is 17.9 Å². The highest BCUT2D eigenvalue weighted by Gasteiger charge is 2.26. The maximum atomic E-state index is 13.1. The van der Waals surface area contributed by atoms with Crippen molar-refractivity contribution in [1.29, 1.82) is 0 Å². The fourth-order valence-electron chi connectivity index (χ4n) is 4.00. The molecule has 3 aromatic rings. The first kappa shape index (κ1) is 21.9. The number of carbonyl (C=O) groups excluding carboxylic acids is 1. The summed E-state index contributed by atoms with van der Waals surface area (Å²) in [5.41, 5.74) is 3.94. The Labute approximate surface area is 188 Å². The van der Waals surface area contributed by atoms with Gasteiger partial charge in [0.05, 0.1) is 23.2 Å². The highest BCUT2D eigenvalue weighted by atomic mass is 32.2. The van der Waals surface area contributed by atoms with Crippen molar-refractivity contribution in [3.63, 3.8) is 0 Å². The standard InChI is InChI=1S/C25H26N2O4S/c1-17-14-18(2)24-22(15-17)23(12-13-31-24)26-25(28)19-8-7-11-21(16-19)32(29,30)27(3)20-9-5-4-6-10-20/h4-11,14-16,23H,12-13H2,1-3H3,(H,26,28). The van der Waals surface area contributed by atoms with Crippen LogP contribution < -0.4 is 14.4 Å². The molecule has 1 atom stereocenters. The third kappa shape index (κ3) is 4.21. The van der Waals surface area contributed by atoms with E-state index in [0.717, 1.165) is 22.4 Å². The van der Waals surface area contributed by atoms with E-state index >= 15 is 0 Å². The molecule has 0 saturated heterocycles. The molecule has 1 amide bonds. The number of hydrogen-bond donors (Lipinski definition) is 1. The molecule has 0 radical (unpaired) electrons. The number of nitrogens with zero attached hydrogens (tertiary/aromatic N) is 1. The lowest BCUT2D eigenvalue weighted by Crippen LogP contribution is -2.33. The lowest BCUT2D eigenvalue weighted by molar-refractivity contribution is 0.0924. The highest BCUT2D eigenvalue weighted by molar-refractivity contribution is 7.92. The van der Waals surface area contributed by atoms with Crippen molar-refractivity contribution in [3.8, 4) is 5.75 Å². The summed E-state index contributed by atoms with van der Waals surface area (Å²) >= 11 is 0. The minimum Gasteiger partial charge on any atom is -0.493 e. The molecule has 0 aliphatic carbocycles. The van der Waals surface area contributed by atoms with Gasteiger partial charge in [-0.1, -0.05) is 42.0 Å². The molecule has 6 nitrogen and oxygen atoms in total. The van der Waals surface area contributed by atoms with Crippen LogP contribution in [0.5, 0.6) is 5.75 Å². The van der Waals surface area contributed by atoms with Gasteiger partial charge < -0.3 is 10.1 Å². The smallest absolute Gasteiger partial charge is 0.264 e. The SMILES string of the molecule is Cc1cc(C)c2c(c1)C(NC(=O)c1cccc(S(=O)(=O)N(C)c3ccccc3)c1)CCO2. The Bertz CT molecular complexity index is 1260. The fraction of sp³-hybridized carbons (Fsp3) is 0.240. The minimum absolute atomic E-state index is 0.0653. The Morgan fingerprint density at radius 3 is 2.53 bits per heavy atom. The van der Waals surface area contributed by atoms with Crippen LogP contribution in [0.4, 0.5) is 5.69 Å². The summed E-state index contributed by atoms with van der Waals surface area (Å²) in [4.78, 5) is 13.1. The Hall–Kier alpha value is -3.32. The molecule has 0 spiro atoms. The van der Waals surface area contributed by atoms with Crippen LogP contribution in [0.1, 0.15) is 39.5 Å². The lowest BCUT2D eigenvalue weighted by Gasteiger charge is -2.28. The molecule has 7 heteroatoms. The number of fused-ring (bicyclic) bond motifs is 1. The van der Waals surface area contributed by atoms with E-state index in [2.05, 4.69) is 11.4 Å². The molecule has 166 valence electrons. The van der Waals surface area contributed by atoms with Gasteiger partial charge >= 0.3 is 0 Å². The average Bonchev–Trinajstić information content (AvgIpc) is 2.79. The van der Waals surface area contributed by atoms with Crippen LogP contribution in [0.3, 0.4) is 0 Å². The molecular weight excluding hydrogens is 424 g/mol. The lowest BCUT2D eigenvalue weighted by atomic mass is 9.95. The van der Waals surface area contributed by atoms with E-state index in [4.69, 9.17) is 4.74 Å². The first-order valence-corrected chi connectivity index (χ1v) is 11.9. The van der Waals surface area contributed by atoms with Crippen LogP contribution in [0, 0.1) is 13.8 Å². The molecule has 0 fully saturated rings. The van der Waals surface area contributed by atoms with Gasteiger partial charge in [0.1, 0.15) is 5.75 Å².